The third-order valence-electron chi connectivity index (χ3n) is 4.03. The highest BCUT2D eigenvalue weighted by atomic mass is 79.9. The Morgan fingerprint density at radius 1 is 1.28 bits per heavy atom. The van der Waals surface area contributed by atoms with E-state index >= 15 is 0 Å². The minimum absolute atomic E-state index is 0.127. The SMILES string of the molecule is CC1(C)CCCC1C(Br)c1cc(F)c(Br)cc1F. The maximum absolute atomic E-state index is 14.0. The van der Waals surface area contributed by atoms with Gasteiger partial charge in [-0.15, -0.1) is 0 Å². The van der Waals surface area contributed by atoms with Crippen molar-refractivity contribution in [3.05, 3.63) is 33.8 Å². The van der Waals surface area contributed by atoms with Crippen molar-refractivity contribution in [1.29, 1.82) is 0 Å². The molecule has 0 saturated heterocycles. The number of halogens is 4. The smallest absolute Gasteiger partial charge is 0.137 e. The minimum atomic E-state index is -0.411. The van der Waals surface area contributed by atoms with E-state index in [0.717, 1.165) is 19.3 Å². The van der Waals surface area contributed by atoms with Crippen LogP contribution in [-0.2, 0) is 0 Å². The van der Waals surface area contributed by atoms with E-state index in [2.05, 4.69) is 45.7 Å². The first kappa shape index (κ1) is 14.4. The summed E-state index contributed by atoms with van der Waals surface area (Å²) < 4.78 is 27.7. The van der Waals surface area contributed by atoms with Crippen molar-refractivity contribution < 1.29 is 8.78 Å². The molecule has 1 aromatic carbocycles. The van der Waals surface area contributed by atoms with Crippen LogP contribution < -0.4 is 0 Å². The van der Waals surface area contributed by atoms with Crippen molar-refractivity contribution in [2.45, 2.75) is 37.9 Å². The molecule has 4 heteroatoms. The lowest BCUT2D eigenvalue weighted by atomic mass is 9.78. The zero-order valence-corrected chi connectivity index (χ0v) is 13.6. The maximum Gasteiger partial charge on any atom is 0.137 e. The Hall–Kier alpha value is 0.0400. The predicted octanol–water partition coefficient (Wildman–Crippen LogP) is 5.99. The molecule has 1 aliphatic rings. The van der Waals surface area contributed by atoms with E-state index in [1.807, 2.05) is 0 Å². The van der Waals surface area contributed by atoms with Gasteiger partial charge in [0.2, 0.25) is 0 Å². The molecule has 2 unspecified atom stereocenters. The lowest BCUT2D eigenvalue weighted by Crippen LogP contribution is -2.22. The summed E-state index contributed by atoms with van der Waals surface area (Å²) in [5, 5.41) is 0. The first-order chi connectivity index (χ1) is 8.33. The third kappa shape index (κ3) is 2.64. The molecule has 0 aliphatic heterocycles. The van der Waals surface area contributed by atoms with Gasteiger partial charge >= 0.3 is 0 Å². The van der Waals surface area contributed by atoms with Crippen LogP contribution in [0, 0.1) is 23.0 Å². The molecule has 1 saturated carbocycles. The summed E-state index contributed by atoms with van der Waals surface area (Å²) in [5.74, 6) is -0.424. The molecule has 1 fully saturated rings. The van der Waals surface area contributed by atoms with Gasteiger partial charge in [-0.25, -0.2) is 8.78 Å². The van der Waals surface area contributed by atoms with Crippen molar-refractivity contribution in [2.75, 3.05) is 0 Å². The molecule has 0 nitrogen and oxygen atoms in total. The van der Waals surface area contributed by atoms with Gasteiger partial charge in [-0.1, -0.05) is 36.2 Å². The number of hydrogen-bond acceptors (Lipinski definition) is 0. The summed E-state index contributed by atoms with van der Waals surface area (Å²) in [6.45, 7) is 4.40. The van der Waals surface area contributed by atoms with Crippen molar-refractivity contribution in [2.24, 2.45) is 11.3 Å². The van der Waals surface area contributed by atoms with E-state index in [4.69, 9.17) is 0 Å². The Labute approximate surface area is 123 Å². The number of alkyl halides is 1. The zero-order chi connectivity index (χ0) is 13.5. The van der Waals surface area contributed by atoms with Crippen LogP contribution in [0.2, 0.25) is 0 Å². The summed E-state index contributed by atoms with van der Waals surface area (Å²) in [7, 11) is 0. The van der Waals surface area contributed by atoms with Crippen LogP contribution in [0.5, 0.6) is 0 Å². The summed E-state index contributed by atoms with van der Waals surface area (Å²) >= 11 is 6.58. The minimum Gasteiger partial charge on any atom is -0.207 e. The molecule has 100 valence electrons. The van der Waals surface area contributed by atoms with Gasteiger partial charge in [-0.3, -0.25) is 0 Å². The van der Waals surface area contributed by atoms with Gasteiger partial charge < -0.3 is 0 Å². The Kier molecular flexibility index (Phi) is 4.17. The van der Waals surface area contributed by atoms with Gasteiger partial charge in [0.15, 0.2) is 0 Å². The van der Waals surface area contributed by atoms with Crippen LogP contribution in [-0.4, -0.2) is 0 Å². The lowest BCUT2D eigenvalue weighted by Gasteiger charge is -2.31. The van der Waals surface area contributed by atoms with E-state index < -0.39 is 5.82 Å². The van der Waals surface area contributed by atoms with Gasteiger partial charge in [0.25, 0.3) is 0 Å². The molecule has 0 spiro atoms. The second-order valence-corrected chi connectivity index (χ2v) is 7.52. The highest BCUT2D eigenvalue weighted by Gasteiger charge is 2.40. The van der Waals surface area contributed by atoms with E-state index in [9.17, 15) is 8.78 Å². The Bertz CT molecular complexity index is 457. The van der Waals surface area contributed by atoms with Gasteiger partial charge in [0.1, 0.15) is 11.6 Å². The Morgan fingerprint density at radius 3 is 2.50 bits per heavy atom. The molecular formula is C14H16Br2F2. The van der Waals surface area contributed by atoms with Crippen LogP contribution in [0.1, 0.15) is 43.5 Å². The number of hydrogen-bond donors (Lipinski definition) is 0. The van der Waals surface area contributed by atoms with Gasteiger partial charge in [-0.05, 0) is 52.2 Å². The molecule has 0 amide bonds. The van der Waals surface area contributed by atoms with E-state index in [-0.39, 0.29) is 20.5 Å². The zero-order valence-electron chi connectivity index (χ0n) is 10.4. The second-order valence-electron chi connectivity index (χ2n) is 5.68. The van der Waals surface area contributed by atoms with Crippen LogP contribution in [0.4, 0.5) is 8.78 Å². The van der Waals surface area contributed by atoms with Crippen LogP contribution in [0.3, 0.4) is 0 Å². The molecule has 0 radical (unpaired) electrons. The normalized spacial score (nSPS) is 24.2. The molecule has 2 atom stereocenters. The summed E-state index contributed by atoms with van der Waals surface area (Å²) in [6, 6.07) is 2.51. The first-order valence-corrected chi connectivity index (χ1v) is 7.82. The van der Waals surface area contributed by atoms with Gasteiger partial charge in [-0.2, -0.15) is 0 Å². The standard InChI is InChI=1S/C14H16Br2F2/c1-14(2)5-3-4-9(14)13(16)8-6-12(18)10(15)7-11(8)17/h6-7,9,13H,3-5H2,1-2H3. The Balaban J connectivity index is 2.34. The number of rotatable bonds is 2. The van der Waals surface area contributed by atoms with Crippen LogP contribution >= 0.6 is 31.9 Å². The molecule has 2 rings (SSSR count). The van der Waals surface area contributed by atoms with E-state index in [1.54, 1.807) is 0 Å². The predicted molar refractivity (Wildman–Crippen MR) is 76.8 cm³/mol. The highest BCUT2D eigenvalue weighted by molar-refractivity contribution is 9.10. The quantitative estimate of drug-likeness (QED) is 0.436. The molecule has 18 heavy (non-hydrogen) atoms. The summed E-state index contributed by atoms with van der Waals surface area (Å²) in [5.41, 5.74) is 0.597. The molecular weight excluding hydrogens is 366 g/mol. The van der Waals surface area contributed by atoms with E-state index in [1.165, 1.54) is 12.1 Å². The molecule has 0 aromatic heterocycles. The molecule has 0 bridgehead atoms. The lowest BCUT2D eigenvalue weighted by molar-refractivity contribution is 0.255. The van der Waals surface area contributed by atoms with Crippen molar-refractivity contribution in [3.8, 4) is 0 Å². The van der Waals surface area contributed by atoms with Gasteiger partial charge in [0, 0.05) is 10.4 Å². The topological polar surface area (TPSA) is 0 Å². The van der Waals surface area contributed by atoms with Gasteiger partial charge in [0.05, 0.1) is 4.47 Å². The second kappa shape index (κ2) is 5.20. The fraction of sp³-hybridized carbons (Fsp3) is 0.571. The Morgan fingerprint density at radius 2 is 1.94 bits per heavy atom. The average Bonchev–Trinajstić information content (AvgIpc) is 2.62. The number of benzene rings is 1. The third-order valence-corrected chi connectivity index (χ3v) is 5.77. The van der Waals surface area contributed by atoms with Crippen molar-refractivity contribution in [1.82, 2.24) is 0 Å². The largest absolute Gasteiger partial charge is 0.207 e. The molecule has 1 aromatic rings. The molecule has 0 heterocycles. The van der Waals surface area contributed by atoms with E-state index in [0.29, 0.717) is 11.5 Å². The molecule has 1 aliphatic carbocycles. The maximum atomic E-state index is 14.0. The van der Waals surface area contributed by atoms with Crippen LogP contribution in [0.15, 0.2) is 16.6 Å². The summed E-state index contributed by atoms with van der Waals surface area (Å²) in [4.78, 5) is -0.127. The summed E-state index contributed by atoms with van der Waals surface area (Å²) in [6.07, 6.45) is 3.35. The average molecular weight is 382 g/mol. The first-order valence-electron chi connectivity index (χ1n) is 6.11. The highest BCUT2D eigenvalue weighted by Crippen LogP contribution is 2.52. The fourth-order valence-electron chi connectivity index (χ4n) is 2.86. The fourth-order valence-corrected chi connectivity index (χ4v) is 4.51. The van der Waals surface area contributed by atoms with Crippen LogP contribution in [0.25, 0.3) is 0 Å². The monoisotopic (exact) mass is 380 g/mol. The molecule has 0 N–H and O–H groups in total. The van der Waals surface area contributed by atoms with Crippen molar-refractivity contribution >= 4 is 31.9 Å². The van der Waals surface area contributed by atoms with Crippen molar-refractivity contribution in [3.63, 3.8) is 0 Å².